The molecule has 16 heavy (non-hydrogen) atoms. The highest BCUT2D eigenvalue weighted by Gasteiger charge is 2.25. The van der Waals surface area contributed by atoms with Crippen LogP contribution in [0.15, 0.2) is 30.3 Å². The molecule has 1 heterocycles. The van der Waals surface area contributed by atoms with Gasteiger partial charge in [-0.25, -0.2) is 4.79 Å². The van der Waals surface area contributed by atoms with Gasteiger partial charge in [0.15, 0.2) is 0 Å². The highest BCUT2D eigenvalue weighted by Crippen LogP contribution is 2.14. The van der Waals surface area contributed by atoms with E-state index in [4.69, 9.17) is 4.74 Å². The summed E-state index contributed by atoms with van der Waals surface area (Å²) in [7, 11) is 1.68. The van der Waals surface area contributed by atoms with Crippen molar-refractivity contribution in [2.45, 2.75) is 12.5 Å². The van der Waals surface area contributed by atoms with Gasteiger partial charge in [0.05, 0.1) is 6.10 Å². The highest BCUT2D eigenvalue weighted by atomic mass is 16.5. The molecule has 1 unspecified atom stereocenters. The normalized spacial score (nSPS) is 19.8. The fourth-order valence-electron chi connectivity index (χ4n) is 1.83. The van der Waals surface area contributed by atoms with Gasteiger partial charge in [-0.15, -0.1) is 0 Å². The Balaban J connectivity index is 1.90. The van der Waals surface area contributed by atoms with E-state index >= 15 is 0 Å². The zero-order valence-corrected chi connectivity index (χ0v) is 9.35. The topological polar surface area (TPSA) is 41.6 Å². The average molecular weight is 220 g/mol. The lowest BCUT2D eigenvalue weighted by Crippen LogP contribution is -2.33. The molecule has 1 aliphatic heterocycles. The number of para-hydroxylation sites is 1. The summed E-state index contributed by atoms with van der Waals surface area (Å²) >= 11 is 0. The molecule has 1 aromatic rings. The molecular weight excluding hydrogens is 204 g/mol. The summed E-state index contributed by atoms with van der Waals surface area (Å²) in [6.45, 7) is 1.44. The molecule has 0 saturated carbocycles. The second-order valence-corrected chi connectivity index (χ2v) is 3.89. The lowest BCUT2D eigenvalue weighted by molar-refractivity contribution is 0.111. The molecule has 0 spiro atoms. The fourth-order valence-corrected chi connectivity index (χ4v) is 1.83. The fraction of sp³-hybridized carbons (Fsp3) is 0.417. The smallest absolute Gasteiger partial charge is 0.321 e. The molecule has 86 valence electrons. The number of hydrogen-bond acceptors (Lipinski definition) is 2. The molecule has 4 heteroatoms. The summed E-state index contributed by atoms with van der Waals surface area (Å²) < 4.78 is 5.22. The number of urea groups is 1. The van der Waals surface area contributed by atoms with Crippen molar-refractivity contribution >= 4 is 11.7 Å². The lowest BCUT2D eigenvalue weighted by Gasteiger charge is -2.16. The minimum atomic E-state index is -0.0502. The van der Waals surface area contributed by atoms with Gasteiger partial charge in [0.25, 0.3) is 0 Å². The number of benzene rings is 1. The molecule has 0 aromatic heterocycles. The number of rotatable bonds is 2. The Morgan fingerprint density at radius 3 is 2.81 bits per heavy atom. The van der Waals surface area contributed by atoms with Crippen LogP contribution in [0.4, 0.5) is 10.5 Å². The first kappa shape index (κ1) is 11.0. The third-order valence-corrected chi connectivity index (χ3v) is 2.79. The average Bonchev–Trinajstić information content (AvgIpc) is 2.79. The number of methoxy groups -OCH3 is 1. The van der Waals surface area contributed by atoms with Crippen LogP contribution >= 0.6 is 0 Å². The SMILES string of the molecule is COC1CCN(C(=O)Nc2ccccc2)C1. The standard InChI is InChI=1S/C12H16N2O2/c1-16-11-7-8-14(9-11)12(15)13-10-5-3-2-4-6-10/h2-6,11H,7-9H2,1H3,(H,13,15). The first-order valence-corrected chi connectivity index (χ1v) is 5.43. The van der Waals surface area contributed by atoms with Gasteiger partial charge >= 0.3 is 6.03 Å². The summed E-state index contributed by atoms with van der Waals surface area (Å²) in [6.07, 6.45) is 1.10. The Morgan fingerprint density at radius 2 is 2.19 bits per heavy atom. The minimum Gasteiger partial charge on any atom is -0.380 e. The third kappa shape index (κ3) is 2.52. The van der Waals surface area contributed by atoms with Crippen LogP contribution in [-0.2, 0) is 4.74 Å². The van der Waals surface area contributed by atoms with E-state index in [1.165, 1.54) is 0 Å². The molecule has 1 atom stereocenters. The predicted octanol–water partition coefficient (Wildman–Crippen LogP) is 1.94. The number of nitrogens with zero attached hydrogens (tertiary/aromatic N) is 1. The number of likely N-dealkylation sites (tertiary alicyclic amines) is 1. The van der Waals surface area contributed by atoms with E-state index in [0.29, 0.717) is 6.54 Å². The molecule has 2 rings (SSSR count). The van der Waals surface area contributed by atoms with Gasteiger partial charge < -0.3 is 15.0 Å². The van der Waals surface area contributed by atoms with E-state index in [-0.39, 0.29) is 12.1 Å². The van der Waals surface area contributed by atoms with E-state index in [1.807, 2.05) is 30.3 Å². The van der Waals surface area contributed by atoms with Crippen LogP contribution in [0.1, 0.15) is 6.42 Å². The predicted molar refractivity (Wildman–Crippen MR) is 62.4 cm³/mol. The summed E-state index contributed by atoms with van der Waals surface area (Å²) in [5, 5.41) is 2.86. The van der Waals surface area contributed by atoms with Crippen molar-refractivity contribution in [2.24, 2.45) is 0 Å². The van der Waals surface area contributed by atoms with Crippen LogP contribution < -0.4 is 5.32 Å². The van der Waals surface area contributed by atoms with Gasteiger partial charge in [0, 0.05) is 25.9 Å². The van der Waals surface area contributed by atoms with Crippen LogP contribution in [0.2, 0.25) is 0 Å². The monoisotopic (exact) mass is 220 g/mol. The maximum atomic E-state index is 11.8. The van der Waals surface area contributed by atoms with Crippen molar-refractivity contribution in [1.29, 1.82) is 0 Å². The molecular formula is C12H16N2O2. The summed E-state index contributed by atoms with van der Waals surface area (Å²) in [5.74, 6) is 0. The van der Waals surface area contributed by atoms with Gasteiger partial charge in [-0.3, -0.25) is 0 Å². The van der Waals surface area contributed by atoms with E-state index < -0.39 is 0 Å². The number of amides is 2. The first-order chi connectivity index (χ1) is 7.79. The molecule has 4 nitrogen and oxygen atoms in total. The van der Waals surface area contributed by atoms with Gasteiger partial charge in [-0.1, -0.05) is 18.2 Å². The van der Waals surface area contributed by atoms with Crippen molar-refractivity contribution < 1.29 is 9.53 Å². The number of hydrogen-bond donors (Lipinski definition) is 1. The van der Waals surface area contributed by atoms with Gasteiger partial charge in [-0.05, 0) is 18.6 Å². The molecule has 1 fully saturated rings. The van der Waals surface area contributed by atoms with Crippen molar-refractivity contribution in [3.05, 3.63) is 30.3 Å². The number of nitrogens with one attached hydrogen (secondary N) is 1. The number of ether oxygens (including phenoxy) is 1. The summed E-state index contributed by atoms with van der Waals surface area (Å²) in [5.41, 5.74) is 0.827. The summed E-state index contributed by atoms with van der Waals surface area (Å²) in [6, 6.07) is 9.43. The molecule has 1 aliphatic rings. The molecule has 1 N–H and O–H groups in total. The van der Waals surface area contributed by atoms with Crippen LogP contribution in [0.5, 0.6) is 0 Å². The van der Waals surface area contributed by atoms with Crippen molar-refractivity contribution in [2.75, 3.05) is 25.5 Å². The van der Waals surface area contributed by atoms with E-state index in [1.54, 1.807) is 12.0 Å². The van der Waals surface area contributed by atoms with Crippen molar-refractivity contribution in [1.82, 2.24) is 4.90 Å². The van der Waals surface area contributed by atoms with Crippen LogP contribution in [0, 0.1) is 0 Å². The maximum absolute atomic E-state index is 11.8. The van der Waals surface area contributed by atoms with Crippen molar-refractivity contribution in [3.63, 3.8) is 0 Å². The maximum Gasteiger partial charge on any atom is 0.321 e. The Bertz CT molecular complexity index is 353. The Kier molecular flexibility index (Phi) is 3.41. The Labute approximate surface area is 95.2 Å². The molecule has 0 aliphatic carbocycles. The van der Waals surface area contributed by atoms with Crippen LogP contribution in [-0.4, -0.2) is 37.2 Å². The van der Waals surface area contributed by atoms with Gasteiger partial charge in [0.1, 0.15) is 0 Å². The minimum absolute atomic E-state index is 0.0502. The second kappa shape index (κ2) is 4.99. The number of anilines is 1. The summed E-state index contributed by atoms with van der Waals surface area (Å²) in [4.78, 5) is 13.6. The van der Waals surface area contributed by atoms with Gasteiger partial charge in [-0.2, -0.15) is 0 Å². The Hall–Kier alpha value is -1.55. The zero-order chi connectivity index (χ0) is 11.4. The zero-order valence-electron chi connectivity index (χ0n) is 9.35. The van der Waals surface area contributed by atoms with E-state index in [2.05, 4.69) is 5.32 Å². The van der Waals surface area contributed by atoms with E-state index in [9.17, 15) is 4.79 Å². The second-order valence-electron chi connectivity index (χ2n) is 3.89. The lowest BCUT2D eigenvalue weighted by atomic mass is 10.3. The van der Waals surface area contributed by atoms with Crippen LogP contribution in [0.25, 0.3) is 0 Å². The third-order valence-electron chi connectivity index (χ3n) is 2.79. The van der Waals surface area contributed by atoms with Crippen LogP contribution in [0.3, 0.4) is 0 Å². The number of carbonyl (C=O) groups is 1. The first-order valence-electron chi connectivity index (χ1n) is 5.43. The Morgan fingerprint density at radius 1 is 1.44 bits per heavy atom. The van der Waals surface area contributed by atoms with Crippen molar-refractivity contribution in [3.8, 4) is 0 Å². The highest BCUT2D eigenvalue weighted by molar-refractivity contribution is 5.89. The largest absolute Gasteiger partial charge is 0.380 e. The quantitative estimate of drug-likeness (QED) is 0.827. The number of carbonyl (C=O) groups excluding carboxylic acids is 1. The molecule has 2 amide bonds. The molecule has 0 bridgehead atoms. The molecule has 1 aromatic carbocycles. The van der Waals surface area contributed by atoms with Gasteiger partial charge in [0.2, 0.25) is 0 Å². The molecule has 1 saturated heterocycles. The van der Waals surface area contributed by atoms with E-state index in [0.717, 1.165) is 18.7 Å². The molecule has 0 radical (unpaired) electrons.